The molecule has 88 valence electrons. The van der Waals surface area contributed by atoms with Crippen LogP contribution >= 0.6 is 11.8 Å². The number of hydrogen-bond acceptors (Lipinski definition) is 3. The Kier molecular flexibility index (Phi) is 6.90. The summed E-state index contributed by atoms with van der Waals surface area (Å²) in [6.45, 7) is 1.63. The molecule has 2 nitrogen and oxygen atoms in total. The summed E-state index contributed by atoms with van der Waals surface area (Å²) in [5, 5.41) is 0.232. The van der Waals surface area contributed by atoms with Gasteiger partial charge in [0.05, 0.1) is 0 Å². The molecule has 1 aromatic heterocycles. The molecule has 0 radical (unpaired) electrons. The predicted octanol–water partition coefficient (Wildman–Crippen LogP) is 3.46. The third kappa shape index (κ3) is 6.62. The van der Waals surface area contributed by atoms with E-state index in [0.717, 1.165) is 18.6 Å². The first-order valence-corrected chi connectivity index (χ1v) is 6.80. The molecule has 0 N–H and O–H groups in total. The topological polar surface area (TPSA) is 30.0 Å². The minimum Gasteiger partial charge on any atom is -0.288 e. The van der Waals surface area contributed by atoms with Gasteiger partial charge in [-0.2, -0.15) is 0 Å². The maximum Gasteiger partial charge on any atom is 0.185 e. The highest BCUT2D eigenvalue weighted by Crippen LogP contribution is 2.10. The van der Waals surface area contributed by atoms with Gasteiger partial charge < -0.3 is 0 Å². The fourth-order valence-corrected chi connectivity index (χ4v) is 2.18. The lowest BCUT2D eigenvalue weighted by Crippen LogP contribution is -1.89. The summed E-state index contributed by atoms with van der Waals surface area (Å²) >= 11 is 1.44. The van der Waals surface area contributed by atoms with Crippen molar-refractivity contribution in [1.29, 1.82) is 0 Å². The van der Waals surface area contributed by atoms with E-state index in [9.17, 15) is 4.79 Å². The van der Waals surface area contributed by atoms with E-state index < -0.39 is 0 Å². The van der Waals surface area contributed by atoms with E-state index in [-0.39, 0.29) is 5.12 Å². The Morgan fingerprint density at radius 3 is 2.81 bits per heavy atom. The second-order valence-electron chi connectivity index (χ2n) is 3.87. The summed E-state index contributed by atoms with van der Waals surface area (Å²) in [7, 11) is 0. The number of aryl methyl sites for hydroxylation is 1. The van der Waals surface area contributed by atoms with E-state index in [1.54, 1.807) is 6.92 Å². The second kappa shape index (κ2) is 8.34. The first-order valence-electron chi connectivity index (χ1n) is 5.81. The summed E-state index contributed by atoms with van der Waals surface area (Å²) < 4.78 is 0. The van der Waals surface area contributed by atoms with E-state index >= 15 is 0 Å². The summed E-state index contributed by atoms with van der Waals surface area (Å²) in [4.78, 5) is 14.8. The first kappa shape index (κ1) is 13.2. The Morgan fingerprint density at radius 1 is 1.31 bits per heavy atom. The van der Waals surface area contributed by atoms with Crippen molar-refractivity contribution >= 4 is 16.9 Å². The Labute approximate surface area is 102 Å². The zero-order chi connectivity index (χ0) is 11.6. The van der Waals surface area contributed by atoms with Gasteiger partial charge in [0.15, 0.2) is 5.12 Å². The van der Waals surface area contributed by atoms with Crippen molar-refractivity contribution in [3.63, 3.8) is 0 Å². The molecule has 1 rings (SSSR count). The zero-order valence-corrected chi connectivity index (χ0v) is 10.6. The van der Waals surface area contributed by atoms with Crippen LogP contribution in [-0.2, 0) is 11.2 Å². The highest BCUT2D eigenvalue weighted by atomic mass is 32.2. The number of carbonyl (C=O) groups is 1. The van der Waals surface area contributed by atoms with Crippen molar-refractivity contribution in [2.45, 2.75) is 39.0 Å². The zero-order valence-electron chi connectivity index (χ0n) is 9.82. The quantitative estimate of drug-likeness (QED) is 0.680. The van der Waals surface area contributed by atoms with Crippen molar-refractivity contribution in [2.75, 3.05) is 5.75 Å². The average molecular weight is 237 g/mol. The normalized spacial score (nSPS) is 10.3. The van der Waals surface area contributed by atoms with Gasteiger partial charge in [0.25, 0.3) is 0 Å². The van der Waals surface area contributed by atoms with Gasteiger partial charge >= 0.3 is 0 Å². The maximum absolute atomic E-state index is 10.7. The van der Waals surface area contributed by atoms with Crippen molar-refractivity contribution < 1.29 is 4.79 Å². The van der Waals surface area contributed by atoms with E-state index in [1.165, 1.54) is 36.6 Å². The lowest BCUT2D eigenvalue weighted by molar-refractivity contribution is -0.109. The summed E-state index contributed by atoms with van der Waals surface area (Å²) in [6, 6.07) is 4.11. The summed E-state index contributed by atoms with van der Waals surface area (Å²) in [6.07, 6.45) is 9.70. The van der Waals surface area contributed by atoms with Crippen LogP contribution in [0.5, 0.6) is 0 Å². The molecule has 1 heterocycles. The molecule has 0 unspecified atom stereocenters. The van der Waals surface area contributed by atoms with Crippen LogP contribution in [0.1, 0.15) is 38.2 Å². The van der Waals surface area contributed by atoms with Crippen LogP contribution in [0.15, 0.2) is 24.5 Å². The predicted molar refractivity (Wildman–Crippen MR) is 69.5 cm³/mol. The fourth-order valence-electron chi connectivity index (χ4n) is 1.55. The third-order valence-electron chi connectivity index (χ3n) is 2.39. The molecule has 0 bridgehead atoms. The molecular formula is C13H19NOS. The summed E-state index contributed by atoms with van der Waals surface area (Å²) in [5.41, 5.74) is 1.32. The monoisotopic (exact) mass is 237 g/mol. The Balaban J connectivity index is 1.94. The molecule has 3 heteroatoms. The minimum absolute atomic E-state index is 0.232. The number of rotatable bonds is 7. The number of aromatic nitrogens is 1. The van der Waals surface area contributed by atoms with Gasteiger partial charge in [-0.05, 0) is 30.9 Å². The van der Waals surface area contributed by atoms with Crippen molar-refractivity contribution in [2.24, 2.45) is 0 Å². The van der Waals surface area contributed by atoms with Gasteiger partial charge in [0.1, 0.15) is 0 Å². The van der Waals surface area contributed by atoms with Gasteiger partial charge in [-0.15, -0.1) is 0 Å². The number of unbranched alkanes of at least 4 members (excludes halogenated alkanes) is 3. The molecule has 0 aliphatic carbocycles. The molecule has 16 heavy (non-hydrogen) atoms. The van der Waals surface area contributed by atoms with Gasteiger partial charge in [-0.3, -0.25) is 9.78 Å². The molecule has 0 saturated carbocycles. The lowest BCUT2D eigenvalue weighted by atomic mass is 10.1. The minimum atomic E-state index is 0.232. The number of thioether (sulfide) groups is 1. The number of carbonyl (C=O) groups excluding carboxylic acids is 1. The van der Waals surface area contributed by atoms with Crippen LogP contribution in [0.25, 0.3) is 0 Å². The third-order valence-corrected chi connectivity index (χ3v) is 3.29. The van der Waals surface area contributed by atoms with Crippen molar-refractivity contribution in [1.82, 2.24) is 4.98 Å². The van der Waals surface area contributed by atoms with Gasteiger partial charge in [-0.1, -0.05) is 30.7 Å². The molecule has 0 spiro atoms. The molecule has 0 aliphatic rings. The average Bonchev–Trinajstić information content (AvgIpc) is 2.29. The van der Waals surface area contributed by atoms with E-state index in [0.29, 0.717) is 0 Å². The van der Waals surface area contributed by atoms with E-state index in [2.05, 4.69) is 11.1 Å². The second-order valence-corrected chi connectivity index (χ2v) is 5.14. The Hall–Kier alpha value is -0.830. The number of nitrogens with zero attached hydrogens (tertiary/aromatic N) is 1. The molecular weight excluding hydrogens is 218 g/mol. The number of hydrogen-bond donors (Lipinski definition) is 0. The molecule has 0 saturated heterocycles. The van der Waals surface area contributed by atoms with Crippen LogP contribution in [0, 0.1) is 0 Å². The lowest BCUT2D eigenvalue weighted by Gasteiger charge is -2.01. The molecule has 0 fully saturated rings. The SMILES string of the molecule is CC(=O)SCCCCCCc1cccnc1. The van der Waals surface area contributed by atoms with Crippen LogP contribution < -0.4 is 0 Å². The van der Waals surface area contributed by atoms with Gasteiger partial charge in [0.2, 0.25) is 0 Å². The largest absolute Gasteiger partial charge is 0.288 e. The smallest absolute Gasteiger partial charge is 0.185 e. The number of pyridine rings is 1. The van der Waals surface area contributed by atoms with Crippen LogP contribution in [0.3, 0.4) is 0 Å². The fraction of sp³-hybridized carbons (Fsp3) is 0.538. The molecule has 0 atom stereocenters. The summed E-state index contributed by atoms with van der Waals surface area (Å²) in [5.74, 6) is 0.974. The van der Waals surface area contributed by atoms with Gasteiger partial charge in [-0.25, -0.2) is 0 Å². The highest BCUT2D eigenvalue weighted by molar-refractivity contribution is 8.13. The van der Waals surface area contributed by atoms with E-state index in [4.69, 9.17) is 0 Å². The first-order chi connectivity index (χ1) is 7.79. The molecule has 1 aromatic rings. The van der Waals surface area contributed by atoms with Gasteiger partial charge in [0, 0.05) is 25.1 Å². The Morgan fingerprint density at radius 2 is 2.12 bits per heavy atom. The van der Waals surface area contributed by atoms with Crippen molar-refractivity contribution in [3.8, 4) is 0 Å². The van der Waals surface area contributed by atoms with E-state index in [1.807, 2.05) is 18.5 Å². The van der Waals surface area contributed by atoms with Crippen LogP contribution in [-0.4, -0.2) is 15.9 Å². The standard InChI is InChI=1S/C13H19NOS/c1-12(15)16-10-5-3-2-4-7-13-8-6-9-14-11-13/h6,8-9,11H,2-5,7,10H2,1H3. The maximum atomic E-state index is 10.7. The molecule has 0 aromatic carbocycles. The highest BCUT2D eigenvalue weighted by Gasteiger charge is 1.95. The Bertz CT molecular complexity index is 300. The van der Waals surface area contributed by atoms with Crippen LogP contribution in [0.2, 0.25) is 0 Å². The van der Waals surface area contributed by atoms with Crippen LogP contribution in [0.4, 0.5) is 0 Å². The molecule has 0 amide bonds. The van der Waals surface area contributed by atoms with Crippen molar-refractivity contribution in [3.05, 3.63) is 30.1 Å². The molecule has 0 aliphatic heterocycles.